The molecular formula is C9HB6F4NO. The van der Waals surface area contributed by atoms with Crippen molar-refractivity contribution in [2.45, 2.75) is 16.2 Å². The molecule has 2 rings (SSSR count). The second-order valence-electron chi connectivity index (χ2n) is 4.70. The van der Waals surface area contributed by atoms with Crippen LogP contribution < -0.4 is 15.5 Å². The molecule has 1 aliphatic rings. The van der Waals surface area contributed by atoms with E-state index in [2.05, 4.69) is 10.1 Å². The zero-order valence-electron chi connectivity index (χ0n) is 10.4. The van der Waals surface area contributed by atoms with Gasteiger partial charge in [-0.15, -0.1) is 0 Å². The molecule has 12 radical (unpaired) electrons. The Bertz CT molecular complexity index is 582. The normalized spacial score (nSPS) is 21.5. The minimum atomic E-state index is -2.48. The van der Waals surface area contributed by atoms with E-state index in [9.17, 15) is 17.6 Å². The van der Waals surface area contributed by atoms with Crippen molar-refractivity contribution in [2.75, 3.05) is 0 Å². The molecule has 12 heteroatoms. The molecule has 0 bridgehead atoms. The predicted octanol–water partition coefficient (Wildman–Crippen LogP) is -2.13. The molecule has 0 unspecified atom stereocenters. The van der Waals surface area contributed by atoms with Gasteiger partial charge in [-0.2, -0.15) is 8.78 Å². The average molecular weight is 280 g/mol. The third-order valence-electron chi connectivity index (χ3n) is 3.16. The van der Waals surface area contributed by atoms with Crippen LogP contribution in [0.3, 0.4) is 0 Å². The van der Waals surface area contributed by atoms with E-state index in [0.29, 0.717) is 0 Å². The minimum absolute atomic E-state index is 1.37. The second kappa shape index (κ2) is 4.54. The monoisotopic (exact) mass is 281 g/mol. The van der Waals surface area contributed by atoms with Crippen molar-refractivity contribution in [1.29, 1.82) is 0 Å². The van der Waals surface area contributed by atoms with Crippen LogP contribution >= 0.6 is 0 Å². The first-order chi connectivity index (χ1) is 9.36. The molecule has 0 aliphatic carbocycles. The first kappa shape index (κ1) is 16.5. The summed E-state index contributed by atoms with van der Waals surface area (Å²) in [6.45, 7) is 0. The molecule has 1 saturated heterocycles. The number of hydrogen-bond acceptors (Lipinski definition) is 2. The highest BCUT2D eigenvalue weighted by molar-refractivity contribution is 6.56. The Balaban J connectivity index is 2.55. The largest absolute Gasteiger partial charge is 0.491 e. The van der Waals surface area contributed by atoms with Gasteiger partial charge in [-0.05, 0) is 16.1 Å². The standard InChI is InChI=1S/C9HB6F4NO/c10-1-2(16)4(18)6(5(19)3(1)17)21-7(11)8(12,13)20-9(7,14)15/h20H. The molecule has 1 N–H and O–H groups in total. The Morgan fingerprint density at radius 3 is 1.48 bits per heavy atom. The molecule has 2 nitrogen and oxygen atoms in total. The van der Waals surface area contributed by atoms with E-state index >= 15 is 0 Å². The molecule has 0 spiro atoms. The molecule has 1 aromatic rings. The summed E-state index contributed by atoms with van der Waals surface area (Å²) in [5.74, 6) is -9.16. The lowest BCUT2D eigenvalue weighted by Crippen LogP contribution is -2.94. The van der Waals surface area contributed by atoms with Gasteiger partial charge in [0, 0.05) is 0 Å². The van der Waals surface area contributed by atoms with Gasteiger partial charge >= 0.3 is 0 Å². The van der Waals surface area contributed by atoms with Crippen LogP contribution in [0.5, 0.6) is 5.75 Å². The van der Waals surface area contributed by atoms with Crippen LogP contribution in [-0.2, 0) is 0 Å². The van der Waals surface area contributed by atoms with Crippen LogP contribution in [0, 0.1) is 23.3 Å². The highest BCUT2D eigenvalue weighted by Gasteiger charge is 2.61. The number of benzene rings is 1. The first-order valence-corrected chi connectivity index (χ1v) is 5.40. The number of nitrogens with one attached hydrogen (secondary N) is 1. The van der Waals surface area contributed by atoms with Gasteiger partial charge in [0.15, 0.2) is 17.4 Å². The summed E-state index contributed by atoms with van der Waals surface area (Å²) in [5, 5.41) is -2.09. The number of rotatable bonds is 2. The number of halogens is 4. The molecule has 0 aromatic heterocycles. The van der Waals surface area contributed by atoms with E-state index in [1.807, 2.05) is 0 Å². The summed E-state index contributed by atoms with van der Waals surface area (Å²) in [4.78, 5) is 0. The molecule has 1 heterocycles. The zero-order chi connectivity index (χ0) is 16.4. The molecule has 0 saturated carbocycles. The average Bonchev–Trinajstić information content (AvgIpc) is 2.37. The van der Waals surface area contributed by atoms with E-state index in [-0.39, 0.29) is 0 Å². The Hall–Kier alpha value is -0.910. The lowest BCUT2D eigenvalue weighted by Gasteiger charge is -2.69. The van der Waals surface area contributed by atoms with Gasteiger partial charge in [0.1, 0.15) is 15.7 Å². The van der Waals surface area contributed by atoms with Crippen molar-refractivity contribution in [3.05, 3.63) is 23.3 Å². The van der Waals surface area contributed by atoms with E-state index in [0.717, 1.165) is 0 Å². The molecule has 0 atom stereocenters. The van der Waals surface area contributed by atoms with E-state index < -0.39 is 50.7 Å². The lowest BCUT2D eigenvalue weighted by atomic mass is 9.27. The van der Waals surface area contributed by atoms with E-state index in [4.69, 9.17) is 47.1 Å². The second-order valence-corrected chi connectivity index (χ2v) is 4.70. The van der Waals surface area contributed by atoms with Crippen molar-refractivity contribution in [3.8, 4) is 5.75 Å². The quantitative estimate of drug-likeness (QED) is 0.379. The maximum Gasteiger partial charge on any atom is 0.203 e. The smallest absolute Gasteiger partial charge is 0.203 e. The first-order valence-electron chi connectivity index (χ1n) is 5.40. The topological polar surface area (TPSA) is 21.3 Å². The fourth-order valence-electron chi connectivity index (χ4n) is 1.86. The third-order valence-corrected chi connectivity index (χ3v) is 3.16. The Labute approximate surface area is 126 Å². The molecule has 94 valence electrons. The van der Waals surface area contributed by atoms with Crippen LogP contribution in [0.25, 0.3) is 0 Å². The van der Waals surface area contributed by atoms with Crippen LogP contribution in [0.15, 0.2) is 0 Å². The Morgan fingerprint density at radius 1 is 0.762 bits per heavy atom. The number of ether oxygens (including phenoxy) is 1. The summed E-state index contributed by atoms with van der Waals surface area (Å²) < 4.78 is 58.7. The van der Waals surface area contributed by atoms with Crippen molar-refractivity contribution < 1.29 is 22.3 Å². The number of hydrogen-bond donors (Lipinski definition) is 1. The Kier molecular flexibility index (Phi) is 3.56. The fourth-order valence-corrected chi connectivity index (χ4v) is 1.86. The van der Waals surface area contributed by atoms with E-state index in [1.165, 1.54) is 0 Å². The van der Waals surface area contributed by atoms with Crippen molar-refractivity contribution >= 4 is 52.5 Å². The summed E-state index contributed by atoms with van der Waals surface area (Å²) in [7, 11) is 32.1. The summed E-state index contributed by atoms with van der Waals surface area (Å²) in [6, 6.07) is 0. The van der Waals surface area contributed by atoms with Crippen molar-refractivity contribution in [3.63, 3.8) is 0 Å². The maximum atomic E-state index is 13.7. The molecule has 0 amide bonds. The van der Waals surface area contributed by atoms with Gasteiger partial charge in [0.05, 0.1) is 36.9 Å². The maximum absolute atomic E-state index is 13.7. The van der Waals surface area contributed by atoms with Gasteiger partial charge in [-0.3, -0.25) is 0 Å². The highest BCUT2D eigenvalue weighted by Crippen LogP contribution is 2.40. The third kappa shape index (κ3) is 2.05. The van der Waals surface area contributed by atoms with Crippen molar-refractivity contribution in [2.24, 2.45) is 0 Å². The molecular weight excluding hydrogens is 279 g/mol. The predicted molar refractivity (Wildman–Crippen MR) is 72.4 cm³/mol. The van der Waals surface area contributed by atoms with Gasteiger partial charge in [0.25, 0.3) is 0 Å². The molecule has 1 aliphatic heterocycles. The lowest BCUT2D eigenvalue weighted by molar-refractivity contribution is 0.0111. The summed E-state index contributed by atoms with van der Waals surface area (Å²) >= 11 is 0. The van der Waals surface area contributed by atoms with Crippen LogP contribution in [0.4, 0.5) is 17.6 Å². The Morgan fingerprint density at radius 2 is 1.14 bits per heavy atom. The summed E-state index contributed by atoms with van der Waals surface area (Å²) in [5.41, 5.74) is -3.84. The SMILES string of the molecule is [B]c1c(F)c(F)c(OC2([B])C([B])([B])NC2([B])[B])c(F)c1F. The molecule has 1 aromatic carbocycles. The van der Waals surface area contributed by atoms with E-state index in [1.54, 1.807) is 0 Å². The minimum Gasteiger partial charge on any atom is -0.491 e. The van der Waals surface area contributed by atoms with Gasteiger partial charge in [0.2, 0.25) is 11.6 Å². The van der Waals surface area contributed by atoms with Crippen LogP contribution in [0.2, 0.25) is 0 Å². The fraction of sp³-hybridized carbons (Fsp3) is 0.333. The van der Waals surface area contributed by atoms with Gasteiger partial charge < -0.3 is 10.1 Å². The summed E-state index contributed by atoms with van der Waals surface area (Å²) in [6.07, 6.45) is 0. The molecule has 1 fully saturated rings. The van der Waals surface area contributed by atoms with Gasteiger partial charge in [-0.25, -0.2) is 8.78 Å². The molecule has 21 heavy (non-hydrogen) atoms. The zero-order valence-corrected chi connectivity index (χ0v) is 10.4. The van der Waals surface area contributed by atoms with Crippen LogP contribution in [0.1, 0.15) is 0 Å². The highest BCUT2D eigenvalue weighted by atomic mass is 19.2. The van der Waals surface area contributed by atoms with Gasteiger partial charge in [-0.1, -0.05) is 0 Å². The van der Waals surface area contributed by atoms with Crippen LogP contribution in [-0.4, -0.2) is 63.3 Å². The van der Waals surface area contributed by atoms with Crippen molar-refractivity contribution in [1.82, 2.24) is 5.32 Å².